The van der Waals surface area contributed by atoms with Crippen molar-refractivity contribution in [3.63, 3.8) is 0 Å². The van der Waals surface area contributed by atoms with Crippen LogP contribution in [0.2, 0.25) is 0 Å². The van der Waals surface area contributed by atoms with Crippen LogP contribution in [0, 0.1) is 6.57 Å². The van der Waals surface area contributed by atoms with Gasteiger partial charge < -0.3 is 15.3 Å². The fourth-order valence-electron chi connectivity index (χ4n) is 3.68. The topological polar surface area (TPSA) is 65.6 Å². The molecular weight excluding hydrogens is 338 g/mol. The monoisotopic (exact) mass is 359 g/mol. The van der Waals surface area contributed by atoms with Crippen molar-refractivity contribution < 1.29 is 5.11 Å². The number of aromatic hydroxyl groups is 1. The Hall–Kier alpha value is -3.17. The summed E-state index contributed by atoms with van der Waals surface area (Å²) in [7, 11) is 2.14. The molecule has 2 aromatic carbocycles. The molecule has 0 saturated carbocycles. The minimum Gasteiger partial charge on any atom is -0.509 e. The van der Waals surface area contributed by atoms with E-state index in [2.05, 4.69) is 32.3 Å². The number of aromatic nitrogens is 2. The van der Waals surface area contributed by atoms with Gasteiger partial charge in [0.05, 0.1) is 6.57 Å². The van der Waals surface area contributed by atoms with Gasteiger partial charge in [-0.05, 0) is 32.5 Å². The van der Waals surface area contributed by atoms with Gasteiger partial charge in [-0.15, -0.1) is 10.2 Å². The van der Waals surface area contributed by atoms with E-state index < -0.39 is 0 Å². The molecule has 0 unspecified atom stereocenters. The zero-order valence-electron chi connectivity index (χ0n) is 15.2. The first kappa shape index (κ1) is 17.3. The second kappa shape index (κ2) is 7.22. The highest BCUT2D eigenvalue weighted by molar-refractivity contribution is 6.01. The smallest absolute Gasteiger partial charge is 0.190 e. The number of fused-ring (bicyclic) bond motifs is 1. The lowest BCUT2D eigenvalue weighted by molar-refractivity contribution is 0.261. The zero-order chi connectivity index (χ0) is 18.8. The van der Waals surface area contributed by atoms with Crippen molar-refractivity contribution in [3.8, 4) is 17.0 Å². The van der Waals surface area contributed by atoms with E-state index in [0.29, 0.717) is 23.0 Å². The molecule has 2 heterocycles. The first-order chi connectivity index (χ1) is 13.2. The van der Waals surface area contributed by atoms with E-state index in [0.717, 1.165) is 36.1 Å². The van der Waals surface area contributed by atoms with Gasteiger partial charge in [0.2, 0.25) is 0 Å². The predicted molar refractivity (Wildman–Crippen MR) is 107 cm³/mol. The summed E-state index contributed by atoms with van der Waals surface area (Å²) < 4.78 is 0. The molecule has 1 aliphatic heterocycles. The van der Waals surface area contributed by atoms with Crippen LogP contribution in [0.4, 0.5) is 11.5 Å². The van der Waals surface area contributed by atoms with Gasteiger partial charge in [0.1, 0.15) is 11.4 Å². The van der Waals surface area contributed by atoms with E-state index in [1.54, 1.807) is 12.1 Å². The predicted octanol–water partition coefficient (Wildman–Crippen LogP) is 4.06. The lowest BCUT2D eigenvalue weighted by atomic mass is 10.0. The highest BCUT2D eigenvalue weighted by atomic mass is 16.3. The minimum absolute atomic E-state index is 0.0394. The molecule has 6 nitrogen and oxygen atoms in total. The van der Waals surface area contributed by atoms with Gasteiger partial charge >= 0.3 is 0 Å². The molecule has 0 radical (unpaired) electrons. The van der Waals surface area contributed by atoms with E-state index in [1.807, 2.05) is 24.3 Å². The summed E-state index contributed by atoms with van der Waals surface area (Å²) in [5, 5.41) is 24.7. The van der Waals surface area contributed by atoms with Gasteiger partial charge in [-0.3, -0.25) is 0 Å². The van der Waals surface area contributed by atoms with Crippen LogP contribution < -0.4 is 5.32 Å². The lowest BCUT2D eigenvalue weighted by Crippen LogP contribution is -2.40. The Labute approximate surface area is 158 Å². The molecule has 0 aliphatic carbocycles. The van der Waals surface area contributed by atoms with Crippen molar-refractivity contribution in [2.75, 3.05) is 25.5 Å². The number of nitrogens with one attached hydrogen (secondary N) is 1. The second-order valence-electron chi connectivity index (χ2n) is 7.00. The zero-order valence-corrected chi connectivity index (χ0v) is 15.2. The lowest BCUT2D eigenvalue weighted by Gasteiger charge is -2.30. The van der Waals surface area contributed by atoms with Gasteiger partial charge in [0.15, 0.2) is 11.5 Å². The second-order valence-corrected chi connectivity index (χ2v) is 7.00. The summed E-state index contributed by atoms with van der Waals surface area (Å²) in [4.78, 5) is 5.68. The summed E-state index contributed by atoms with van der Waals surface area (Å²) in [6.07, 6.45) is 2.28. The third kappa shape index (κ3) is 3.42. The molecule has 0 spiro atoms. The maximum atomic E-state index is 10.4. The van der Waals surface area contributed by atoms with Gasteiger partial charge in [0.25, 0.3) is 0 Å². The molecule has 6 heteroatoms. The fraction of sp³-hybridized carbons (Fsp3) is 0.286. The number of anilines is 1. The average Bonchev–Trinajstić information content (AvgIpc) is 2.68. The molecule has 4 rings (SSSR count). The van der Waals surface area contributed by atoms with Crippen molar-refractivity contribution in [2.24, 2.45) is 0 Å². The Bertz CT molecular complexity index is 1030. The fourth-order valence-corrected chi connectivity index (χ4v) is 3.68. The van der Waals surface area contributed by atoms with Crippen molar-refractivity contribution in [1.29, 1.82) is 0 Å². The number of phenols is 1. The van der Waals surface area contributed by atoms with Gasteiger partial charge in [-0.1, -0.05) is 36.4 Å². The molecule has 0 amide bonds. The number of likely N-dealkylation sites (N-methyl/N-ethyl adjacent to an activating group) is 1. The standard InChI is InChI=1S/C21H21N5O/c1-22-14-9-10-18(19(27)12-14)20-16-7-3-4-8-17(16)21(25-24-20)23-15-6-5-11-26(2)13-15/h3-4,7-10,12,15,27H,5-6,11,13H2,2H3,(H,23,25)/t15-/m1/s1. The molecule has 1 aliphatic rings. The summed E-state index contributed by atoms with van der Waals surface area (Å²) in [6, 6.07) is 13.2. The Kier molecular flexibility index (Phi) is 4.61. The van der Waals surface area contributed by atoms with Gasteiger partial charge in [0, 0.05) is 28.9 Å². The van der Waals surface area contributed by atoms with Crippen molar-refractivity contribution in [2.45, 2.75) is 18.9 Å². The van der Waals surface area contributed by atoms with E-state index in [4.69, 9.17) is 6.57 Å². The number of phenolic OH excluding ortho intramolecular Hbond substituents is 1. The third-order valence-corrected chi connectivity index (χ3v) is 5.02. The van der Waals surface area contributed by atoms with Crippen molar-refractivity contribution >= 4 is 22.3 Å². The minimum atomic E-state index is 0.0394. The molecule has 3 aromatic rings. The number of likely N-dealkylation sites (tertiary alicyclic amines) is 1. The molecule has 0 bridgehead atoms. The van der Waals surface area contributed by atoms with Crippen LogP contribution in [0.3, 0.4) is 0 Å². The normalized spacial score (nSPS) is 17.6. The molecular formula is C21H21N5O. The number of piperidine rings is 1. The highest BCUT2D eigenvalue weighted by Crippen LogP contribution is 2.36. The Morgan fingerprint density at radius 2 is 2.00 bits per heavy atom. The quantitative estimate of drug-likeness (QED) is 0.691. The number of hydrogen-bond donors (Lipinski definition) is 2. The average molecular weight is 359 g/mol. The molecule has 136 valence electrons. The molecule has 1 aromatic heterocycles. The van der Waals surface area contributed by atoms with Crippen LogP contribution in [0.25, 0.3) is 26.9 Å². The molecule has 1 atom stereocenters. The van der Waals surface area contributed by atoms with E-state index in [1.165, 1.54) is 12.5 Å². The summed E-state index contributed by atoms with van der Waals surface area (Å²) in [5.74, 6) is 0.810. The molecule has 1 fully saturated rings. The summed E-state index contributed by atoms with van der Waals surface area (Å²) >= 11 is 0. The Balaban J connectivity index is 1.76. The number of hydrogen-bond acceptors (Lipinski definition) is 5. The molecule has 1 saturated heterocycles. The van der Waals surface area contributed by atoms with Crippen LogP contribution in [0.5, 0.6) is 5.75 Å². The molecule has 2 N–H and O–H groups in total. The maximum absolute atomic E-state index is 10.4. The van der Waals surface area contributed by atoms with Crippen LogP contribution in [0.15, 0.2) is 42.5 Å². The highest BCUT2D eigenvalue weighted by Gasteiger charge is 2.20. The van der Waals surface area contributed by atoms with Crippen molar-refractivity contribution in [1.82, 2.24) is 15.1 Å². The molecule has 27 heavy (non-hydrogen) atoms. The number of rotatable bonds is 3. The van der Waals surface area contributed by atoms with Gasteiger partial charge in [-0.25, -0.2) is 4.85 Å². The van der Waals surface area contributed by atoms with Gasteiger partial charge in [-0.2, -0.15) is 0 Å². The maximum Gasteiger partial charge on any atom is 0.190 e. The third-order valence-electron chi connectivity index (χ3n) is 5.02. The van der Waals surface area contributed by atoms with Crippen molar-refractivity contribution in [3.05, 3.63) is 53.9 Å². The van der Waals surface area contributed by atoms with Crippen LogP contribution >= 0.6 is 0 Å². The SMILES string of the molecule is [C-]#[N+]c1ccc(-c2nnc(N[C@@H]3CCCN(C)C3)c3ccccc23)c(O)c1. The first-order valence-electron chi connectivity index (χ1n) is 9.07. The Morgan fingerprint density at radius 3 is 2.74 bits per heavy atom. The number of benzene rings is 2. The van der Waals surface area contributed by atoms with Crippen LogP contribution in [-0.4, -0.2) is 46.4 Å². The summed E-state index contributed by atoms with van der Waals surface area (Å²) in [6.45, 7) is 9.20. The van der Waals surface area contributed by atoms with Crippen LogP contribution in [0.1, 0.15) is 12.8 Å². The van der Waals surface area contributed by atoms with E-state index in [-0.39, 0.29) is 5.75 Å². The summed E-state index contributed by atoms with van der Waals surface area (Å²) in [5.41, 5.74) is 1.59. The van der Waals surface area contributed by atoms with Crippen LogP contribution in [-0.2, 0) is 0 Å². The first-order valence-corrected chi connectivity index (χ1v) is 9.07. The Morgan fingerprint density at radius 1 is 1.19 bits per heavy atom. The van der Waals surface area contributed by atoms with E-state index >= 15 is 0 Å². The van der Waals surface area contributed by atoms with E-state index in [9.17, 15) is 5.11 Å². The number of nitrogens with zero attached hydrogens (tertiary/aromatic N) is 4. The largest absolute Gasteiger partial charge is 0.509 e.